The molecule has 0 aliphatic carbocycles. The van der Waals surface area contributed by atoms with E-state index in [1.165, 1.54) is 0 Å². The first kappa shape index (κ1) is 14.4. The van der Waals surface area contributed by atoms with Crippen LogP contribution >= 0.6 is 23.3 Å². The van der Waals surface area contributed by atoms with Gasteiger partial charge in [0.25, 0.3) is 0 Å². The van der Waals surface area contributed by atoms with Crippen LogP contribution in [0.3, 0.4) is 0 Å². The van der Waals surface area contributed by atoms with E-state index >= 15 is 0 Å². The molecule has 0 aliphatic rings. The highest BCUT2D eigenvalue weighted by molar-refractivity contribution is 7.00. The van der Waals surface area contributed by atoms with Crippen molar-refractivity contribution < 1.29 is 0 Å². The maximum atomic E-state index is 6.29. The standard InChI is InChI=1S/C13H15ClN6S/c1-13(2,3)15-6-8-7-20(19-16-8)12-9(14)4-5-10-11(12)18-21-17-10/h4-5,7,15H,6H2,1-3H3. The Bertz CT molecular complexity index is 772. The molecule has 2 heterocycles. The molecule has 0 spiro atoms. The molecule has 3 aromatic rings. The van der Waals surface area contributed by atoms with Gasteiger partial charge in [0.1, 0.15) is 16.7 Å². The van der Waals surface area contributed by atoms with Crippen LogP contribution in [-0.2, 0) is 6.54 Å². The van der Waals surface area contributed by atoms with Crippen molar-refractivity contribution in [1.82, 2.24) is 29.1 Å². The second-order valence-corrected chi connectivity index (χ2v) is 6.72. The van der Waals surface area contributed by atoms with Crippen molar-refractivity contribution in [1.29, 1.82) is 0 Å². The molecule has 0 amide bonds. The summed E-state index contributed by atoms with van der Waals surface area (Å²) in [5, 5.41) is 12.3. The van der Waals surface area contributed by atoms with Crippen molar-refractivity contribution >= 4 is 34.4 Å². The molecule has 0 saturated carbocycles. The van der Waals surface area contributed by atoms with E-state index in [9.17, 15) is 0 Å². The number of hydrogen-bond donors (Lipinski definition) is 1. The summed E-state index contributed by atoms with van der Waals surface area (Å²) in [6.07, 6.45) is 1.86. The highest BCUT2D eigenvalue weighted by Gasteiger charge is 2.15. The fraction of sp³-hybridized carbons (Fsp3) is 0.385. The minimum Gasteiger partial charge on any atom is -0.306 e. The summed E-state index contributed by atoms with van der Waals surface area (Å²) in [6.45, 7) is 6.97. The average Bonchev–Trinajstić information content (AvgIpc) is 3.03. The summed E-state index contributed by atoms with van der Waals surface area (Å²) < 4.78 is 10.2. The predicted molar refractivity (Wildman–Crippen MR) is 83.9 cm³/mol. The highest BCUT2D eigenvalue weighted by Crippen LogP contribution is 2.27. The molecular formula is C13H15ClN6S. The number of halogens is 1. The number of rotatable bonds is 3. The Balaban J connectivity index is 1.95. The largest absolute Gasteiger partial charge is 0.306 e. The molecule has 1 aromatic carbocycles. The summed E-state index contributed by atoms with van der Waals surface area (Å²) >= 11 is 7.44. The number of nitrogens with one attached hydrogen (secondary N) is 1. The summed E-state index contributed by atoms with van der Waals surface area (Å²) in [5.41, 5.74) is 3.15. The van der Waals surface area contributed by atoms with Gasteiger partial charge in [-0.15, -0.1) is 5.10 Å². The molecule has 0 atom stereocenters. The van der Waals surface area contributed by atoms with Crippen molar-refractivity contribution in [2.24, 2.45) is 0 Å². The Hall–Kier alpha value is -1.57. The Morgan fingerprint density at radius 3 is 2.86 bits per heavy atom. The van der Waals surface area contributed by atoms with Gasteiger partial charge in [0, 0.05) is 12.1 Å². The fourth-order valence-corrected chi connectivity index (χ4v) is 2.65. The van der Waals surface area contributed by atoms with E-state index in [0.717, 1.165) is 34.1 Å². The zero-order chi connectivity index (χ0) is 15.0. The maximum absolute atomic E-state index is 6.29. The average molecular weight is 323 g/mol. The minimum atomic E-state index is 0.0280. The van der Waals surface area contributed by atoms with Gasteiger partial charge in [0.05, 0.1) is 28.6 Å². The lowest BCUT2D eigenvalue weighted by atomic mass is 10.1. The van der Waals surface area contributed by atoms with Gasteiger partial charge in [0.2, 0.25) is 0 Å². The maximum Gasteiger partial charge on any atom is 0.132 e. The van der Waals surface area contributed by atoms with Crippen molar-refractivity contribution in [2.45, 2.75) is 32.9 Å². The van der Waals surface area contributed by atoms with E-state index < -0.39 is 0 Å². The predicted octanol–water partition coefficient (Wildman–Crippen LogP) is 2.81. The molecule has 1 N–H and O–H groups in total. The number of hydrogen-bond acceptors (Lipinski definition) is 6. The van der Waals surface area contributed by atoms with E-state index in [-0.39, 0.29) is 5.54 Å². The smallest absolute Gasteiger partial charge is 0.132 e. The lowest BCUT2D eigenvalue weighted by Gasteiger charge is -2.19. The van der Waals surface area contributed by atoms with Crippen LogP contribution in [0.1, 0.15) is 26.5 Å². The molecule has 0 aliphatic heterocycles. The van der Waals surface area contributed by atoms with E-state index in [2.05, 4.69) is 45.1 Å². The Labute approximate surface area is 131 Å². The van der Waals surface area contributed by atoms with Crippen LogP contribution in [0.25, 0.3) is 16.7 Å². The summed E-state index contributed by atoms with van der Waals surface area (Å²) in [5.74, 6) is 0. The second kappa shape index (κ2) is 5.32. The van der Waals surface area contributed by atoms with Crippen molar-refractivity contribution in [2.75, 3.05) is 0 Å². The molecule has 0 saturated heterocycles. The van der Waals surface area contributed by atoms with E-state index in [0.29, 0.717) is 11.6 Å². The highest BCUT2D eigenvalue weighted by atomic mass is 35.5. The molecule has 0 radical (unpaired) electrons. The van der Waals surface area contributed by atoms with E-state index in [1.54, 1.807) is 10.7 Å². The van der Waals surface area contributed by atoms with Crippen LogP contribution in [0.4, 0.5) is 0 Å². The molecular weight excluding hydrogens is 308 g/mol. The first-order chi connectivity index (χ1) is 9.94. The van der Waals surface area contributed by atoms with Crippen LogP contribution in [0.5, 0.6) is 0 Å². The molecule has 8 heteroatoms. The Morgan fingerprint density at radius 1 is 1.29 bits per heavy atom. The summed E-state index contributed by atoms with van der Waals surface area (Å²) in [7, 11) is 0. The Kier molecular flexibility index (Phi) is 3.64. The van der Waals surface area contributed by atoms with E-state index in [1.807, 2.05) is 12.3 Å². The molecule has 3 rings (SSSR count). The third-order valence-electron chi connectivity index (χ3n) is 2.92. The van der Waals surface area contributed by atoms with E-state index in [4.69, 9.17) is 11.6 Å². The van der Waals surface area contributed by atoms with Crippen molar-refractivity contribution in [3.05, 3.63) is 29.0 Å². The van der Waals surface area contributed by atoms with Gasteiger partial charge in [-0.05, 0) is 32.9 Å². The fourth-order valence-electron chi connectivity index (χ4n) is 1.88. The van der Waals surface area contributed by atoms with Crippen LogP contribution in [0.15, 0.2) is 18.3 Å². The molecule has 0 bridgehead atoms. The van der Waals surface area contributed by atoms with Gasteiger partial charge in [-0.2, -0.15) is 8.75 Å². The first-order valence-electron chi connectivity index (χ1n) is 6.51. The quantitative estimate of drug-likeness (QED) is 0.803. The molecule has 0 unspecified atom stereocenters. The zero-order valence-corrected chi connectivity index (χ0v) is 13.5. The first-order valence-corrected chi connectivity index (χ1v) is 7.62. The Morgan fingerprint density at radius 2 is 2.10 bits per heavy atom. The van der Waals surface area contributed by atoms with Crippen molar-refractivity contribution in [3.8, 4) is 5.69 Å². The van der Waals surface area contributed by atoms with Gasteiger partial charge in [-0.25, -0.2) is 4.68 Å². The summed E-state index contributed by atoms with van der Waals surface area (Å²) in [4.78, 5) is 0. The van der Waals surface area contributed by atoms with Gasteiger partial charge >= 0.3 is 0 Å². The third-order valence-corrected chi connectivity index (χ3v) is 3.77. The molecule has 110 valence electrons. The second-order valence-electron chi connectivity index (χ2n) is 5.79. The SMILES string of the molecule is CC(C)(C)NCc1cn(-c2c(Cl)ccc3nsnc23)nn1. The van der Waals surface area contributed by atoms with Crippen LogP contribution in [0, 0.1) is 0 Å². The van der Waals surface area contributed by atoms with Crippen LogP contribution < -0.4 is 5.32 Å². The molecule has 0 fully saturated rings. The lowest BCUT2D eigenvalue weighted by molar-refractivity contribution is 0.421. The number of aromatic nitrogens is 5. The van der Waals surface area contributed by atoms with Crippen molar-refractivity contribution in [3.63, 3.8) is 0 Å². The van der Waals surface area contributed by atoms with Gasteiger partial charge < -0.3 is 5.32 Å². The number of benzene rings is 1. The number of nitrogens with zero attached hydrogens (tertiary/aromatic N) is 5. The lowest BCUT2D eigenvalue weighted by Crippen LogP contribution is -2.35. The normalized spacial score (nSPS) is 12.2. The van der Waals surface area contributed by atoms with Gasteiger partial charge in [0.15, 0.2) is 0 Å². The molecule has 6 nitrogen and oxygen atoms in total. The zero-order valence-electron chi connectivity index (χ0n) is 12.0. The monoisotopic (exact) mass is 322 g/mol. The minimum absolute atomic E-state index is 0.0280. The molecule has 2 aromatic heterocycles. The van der Waals surface area contributed by atoms with Gasteiger partial charge in [-0.3, -0.25) is 0 Å². The third kappa shape index (κ3) is 3.04. The number of fused-ring (bicyclic) bond motifs is 1. The van der Waals surface area contributed by atoms with Crippen LogP contribution in [0.2, 0.25) is 5.02 Å². The van der Waals surface area contributed by atoms with Crippen LogP contribution in [-0.4, -0.2) is 29.3 Å². The summed E-state index contributed by atoms with van der Waals surface area (Å²) in [6, 6.07) is 3.65. The molecule has 21 heavy (non-hydrogen) atoms. The van der Waals surface area contributed by atoms with Gasteiger partial charge in [-0.1, -0.05) is 16.8 Å². The topological polar surface area (TPSA) is 68.5 Å².